The third-order valence-electron chi connectivity index (χ3n) is 4.77. The first-order chi connectivity index (χ1) is 15.2. The smallest absolute Gasteiger partial charge is 0.188 e. The van der Waals surface area contributed by atoms with E-state index in [9.17, 15) is 0 Å². The second-order valence-corrected chi connectivity index (χ2v) is 6.99. The van der Waals surface area contributed by atoms with Crippen molar-refractivity contribution in [3.05, 3.63) is 89.5 Å². The Morgan fingerprint density at radius 3 is 2.26 bits per heavy atom. The van der Waals surface area contributed by atoms with E-state index in [-0.39, 0.29) is 0 Å². The highest BCUT2D eigenvalue weighted by Gasteiger charge is 2.04. The molecule has 0 fully saturated rings. The van der Waals surface area contributed by atoms with Gasteiger partial charge in [-0.15, -0.1) is 0 Å². The van der Waals surface area contributed by atoms with Gasteiger partial charge in [-0.1, -0.05) is 48.5 Å². The molecule has 0 heterocycles. The van der Waals surface area contributed by atoms with Gasteiger partial charge in [0.25, 0.3) is 0 Å². The Morgan fingerprint density at radius 2 is 1.55 bits per heavy atom. The maximum absolute atomic E-state index is 6.00. The van der Waals surface area contributed by atoms with Crippen LogP contribution in [-0.4, -0.2) is 26.7 Å². The maximum atomic E-state index is 6.00. The number of nitrogens with one attached hydrogen (secondary N) is 1. The van der Waals surface area contributed by atoms with E-state index in [4.69, 9.17) is 19.9 Å². The first-order valence-corrected chi connectivity index (χ1v) is 10.2. The monoisotopic (exact) mass is 419 g/mol. The van der Waals surface area contributed by atoms with E-state index in [1.54, 1.807) is 14.2 Å². The van der Waals surface area contributed by atoms with Crippen molar-refractivity contribution in [3.8, 4) is 17.2 Å². The molecule has 3 aromatic rings. The molecule has 0 aliphatic heterocycles. The summed E-state index contributed by atoms with van der Waals surface area (Å²) in [5, 5.41) is 3.15. The van der Waals surface area contributed by atoms with Gasteiger partial charge in [0.15, 0.2) is 17.5 Å². The summed E-state index contributed by atoms with van der Waals surface area (Å²) in [6.45, 7) is 1.74. The van der Waals surface area contributed by atoms with Crippen molar-refractivity contribution in [1.82, 2.24) is 5.32 Å². The van der Waals surface area contributed by atoms with Crippen LogP contribution in [0.5, 0.6) is 17.2 Å². The Hall–Kier alpha value is -3.67. The number of nitrogens with zero attached hydrogens (tertiary/aromatic N) is 1. The highest BCUT2D eigenvalue weighted by molar-refractivity contribution is 5.77. The Kier molecular flexibility index (Phi) is 8.17. The molecule has 6 heteroatoms. The highest BCUT2D eigenvalue weighted by Crippen LogP contribution is 2.27. The topological polar surface area (TPSA) is 78.1 Å². The molecule has 0 amide bonds. The molecule has 31 heavy (non-hydrogen) atoms. The normalized spacial score (nSPS) is 11.1. The van der Waals surface area contributed by atoms with E-state index < -0.39 is 0 Å². The second-order valence-electron chi connectivity index (χ2n) is 6.99. The van der Waals surface area contributed by atoms with E-state index in [0.717, 1.165) is 40.4 Å². The van der Waals surface area contributed by atoms with Gasteiger partial charge in [0.1, 0.15) is 12.4 Å². The van der Waals surface area contributed by atoms with E-state index in [0.29, 0.717) is 25.7 Å². The van der Waals surface area contributed by atoms with Gasteiger partial charge in [-0.2, -0.15) is 0 Å². The van der Waals surface area contributed by atoms with Crippen LogP contribution in [0.4, 0.5) is 0 Å². The van der Waals surface area contributed by atoms with Gasteiger partial charge in [0, 0.05) is 6.54 Å². The zero-order chi connectivity index (χ0) is 21.9. The lowest BCUT2D eigenvalue weighted by atomic mass is 10.1. The molecule has 3 N–H and O–H groups in total. The lowest BCUT2D eigenvalue weighted by Gasteiger charge is -2.10. The van der Waals surface area contributed by atoms with Crippen molar-refractivity contribution in [1.29, 1.82) is 0 Å². The second kappa shape index (κ2) is 11.5. The van der Waals surface area contributed by atoms with E-state index >= 15 is 0 Å². The number of ether oxygens (including phenoxy) is 3. The van der Waals surface area contributed by atoms with Gasteiger partial charge in [-0.25, -0.2) is 4.99 Å². The molecule has 162 valence electrons. The average molecular weight is 420 g/mol. The molecule has 6 nitrogen and oxygen atoms in total. The molecular formula is C25H29N3O3. The van der Waals surface area contributed by atoms with Crippen LogP contribution in [0.25, 0.3) is 0 Å². The summed E-state index contributed by atoms with van der Waals surface area (Å²) in [5.74, 6) is 2.69. The minimum atomic E-state index is 0.421. The fourth-order valence-corrected chi connectivity index (χ4v) is 3.04. The van der Waals surface area contributed by atoms with Crippen LogP contribution in [0.2, 0.25) is 0 Å². The lowest BCUT2D eigenvalue weighted by molar-refractivity contribution is 0.306. The summed E-state index contributed by atoms with van der Waals surface area (Å²) in [4.78, 5) is 4.41. The minimum Gasteiger partial charge on any atom is -0.493 e. The van der Waals surface area contributed by atoms with Gasteiger partial charge in [-0.05, 0) is 47.4 Å². The van der Waals surface area contributed by atoms with E-state index in [1.807, 2.05) is 72.8 Å². The quantitative estimate of drug-likeness (QED) is 0.385. The van der Waals surface area contributed by atoms with Crippen molar-refractivity contribution < 1.29 is 14.2 Å². The third-order valence-corrected chi connectivity index (χ3v) is 4.77. The lowest BCUT2D eigenvalue weighted by Crippen LogP contribution is -2.33. The van der Waals surface area contributed by atoms with Crippen LogP contribution >= 0.6 is 0 Å². The number of hydrogen-bond donors (Lipinski definition) is 2. The van der Waals surface area contributed by atoms with Gasteiger partial charge >= 0.3 is 0 Å². The summed E-state index contributed by atoms with van der Waals surface area (Å²) in [7, 11) is 3.26. The molecule has 0 atom stereocenters. The van der Waals surface area contributed by atoms with Crippen molar-refractivity contribution in [3.63, 3.8) is 0 Å². The van der Waals surface area contributed by atoms with Crippen molar-refractivity contribution in [2.75, 3.05) is 20.8 Å². The van der Waals surface area contributed by atoms with E-state index in [1.165, 1.54) is 0 Å². The molecule has 0 radical (unpaired) electrons. The first kappa shape index (κ1) is 22.0. The minimum absolute atomic E-state index is 0.421. The molecule has 0 aliphatic carbocycles. The van der Waals surface area contributed by atoms with Crippen LogP contribution in [-0.2, 0) is 19.6 Å². The fourth-order valence-electron chi connectivity index (χ4n) is 3.04. The Bertz CT molecular complexity index is 973. The molecule has 3 rings (SSSR count). The zero-order valence-corrected chi connectivity index (χ0v) is 18.0. The molecule has 0 spiro atoms. The standard InChI is InChI=1S/C25H29N3O3/c1-29-23-13-10-19(16-24(23)30-2)14-15-27-25(26)28-17-20-8-11-22(12-9-20)31-18-21-6-4-3-5-7-21/h3-13,16H,14-15,17-18H2,1-2H3,(H3,26,27,28). The Morgan fingerprint density at radius 1 is 0.839 bits per heavy atom. The van der Waals surface area contributed by atoms with Crippen LogP contribution in [0, 0.1) is 0 Å². The van der Waals surface area contributed by atoms with Crippen molar-refractivity contribution in [2.24, 2.45) is 10.7 Å². The molecule has 0 saturated heterocycles. The van der Waals surface area contributed by atoms with E-state index in [2.05, 4.69) is 10.3 Å². The molecule has 3 aromatic carbocycles. The van der Waals surface area contributed by atoms with Gasteiger partial charge in [0.05, 0.1) is 20.8 Å². The number of methoxy groups -OCH3 is 2. The molecular weight excluding hydrogens is 390 g/mol. The fraction of sp³-hybridized carbons (Fsp3) is 0.240. The third kappa shape index (κ3) is 6.96. The number of aliphatic imine (C=N–C) groups is 1. The average Bonchev–Trinajstić information content (AvgIpc) is 2.82. The Labute approximate surface area is 183 Å². The van der Waals surface area contributed by atoms with Crippen LogP contribution in [0.1, 0.15) is 16.7 Å². The summed E-state index contributed by atoms with van der Waals surface area (Å²) >= 11 is 0. The van der Waals surface area contributed by atoms with Crippen molar-refractivity contribution >= 4 is 5.96 Å². The van der Waals surface area contributed by atoms with Gasteiger partial charge in [0.2, 0.25) is 0 Å². The summed E-state index contributed by atoms with van der Waals surface area (Å²) in [6, 6.07) is 23.9. The summed E-state index contributed by atoms with van der Waals surface area (Å²) < 4.78 is 16.4. The van der Waals surface area contributed by atoms with Crippen LogP contribution in [0.3, 0.4) is 0 Å². The number of benzene rings is 3. The Balaban J connectivity index is 1.42. The molecule has 0 bridgehead atoms. The predicted octanol–water partition coefficient (Wildman–Crippen LogP) is 3.93. The first-order valence-electron chi connectivity index (χ1n) is 10.2. The highest BCUT2D eigenvalue weighted by atomic mass is 16.5. The summed E-state index contributed by atoms with van der Waals surface area (Å²) in [6.07, 6.45) is 0.796. The SMILES string of the molecule is COc1ccc(CCNC(N)=NCc2ccc(OCc3ccccc3)cc2)cc1OC. The van der Waals surface area contributed by atoms with Gasteiger partial charge in [-0.3, -0.25) is 0 Å². The molecule has 0 saturated carbocycles. The number of hydrogen-bond acceptors (Lipinski definition) is 4. The van der Waals surface area contributed by atoms with Crippen LogP contribution in [0.15, 0.2) is 77.8 Å². The maximum Gasteiger partial charge on any atom is 0.188 e. The van der Waals surface area contributed by atoms with Crippen LogP contribution < -0.4 is 25.3 Å². The largest absolute Gasteiger partial charge is 0.493 e. The number of nitrogens with two attached hydrogens (primary N) is 1. The van der Waals surface area contributed by atoms with Crippen molar-refractivity contribution in [2.45, 2.75) is 19.6 Å². The summed E-state index contributed by atoms with van der Waals surface area (Å²) in [5.41, 5.74) is 9.34. The zero-order valence-electron chi connectivity index (χ0n) is 18.0. The predicted molar refractivity (Wildman–Crippen MR) is 124 cm³/mol. The number of rotatable bonds is 10. The van der Waals surface area contributed by atoms with Gasteiger partial charge < -0.3 is 25.3 Å². The molecule has 0 unspecified atom stereocenters. The molecule has 0 aliphatic rings. The molecule has 0 aromatic heterocycles. The number of guanidine groups is 1.